The number of carbonyl (C=O) groups excluding carboxylic acids is 1. The molecule has 0 fully saturated rings. The summed E-state index contributed by atoms with van der Waals surface area (Å²) in [6.45, 7) is 2.57. The quantitative estimate of drug-likeness (QED) is 0.891. The molecule has 1 aromatic heterocycles. The Morgan fingerprint density at radius 3 is 2.76 bits per heavy atom. The second-order valence-electron chi connectivity index (χ2n) is 4.79. The second-order valence-corrected chi connectivity index (χ2v) is 4.79. The molecule has 0 aliphatic heterocycles. The Balaban J connectivity index is 0.00000220. The van der Waals surface area contributed by atoms with Gasteiger partial charge in [0, 0.05) is 25.1 Å². The second kappa shape index (κ2) is 7.81. The minimum absolute atomic E-state index is 0. The van der Waals surface area contributed by atoms with Crippen molar-refractivity contribution in [1.82, 2.24) is 9.78 Å². The summed E-state index contributed by atoms with van der Waals surface area (Å²) in [7, 11) is 1.82. The van der Waals surface area contributed by atoms with Crippen LogP contribution in [0.2, 0.25) is 0 Å². The summed E-state index contributed by atoms with van der Waals surface area (Å²) in [5.74, 6) is 0.667. The Kier molecular flexibility index (Phi) is 6.39. The van der Waals surface area contributed by atoms with Gasteiger partial charge in [0.15, 0.2) is 0 Å². The van der Waals surface area contributed by atoms with Crippen LogP contribution in [0, 0.1) is 6.92 Å². The largest absolute Gasteiger partial charge is 0.330 e. The summed E-state index contributed by atoms with van der Waals surface area (Å²) in [5.41, 5.74) is 8.49. The summed E-state index contributed by atoms with van der Waals surface area (Å²) >= 11 is 0. The van der Waals surface area contributed by atoms with Gasteiger partial charge in [-0.05, 0) is 25.5 Å². The van der Waals surface area contributed by atoms with Crippen LogP contribution in [-0.4, -0.2) is 22.2 Å². The lowest BCUT2D eigenvalue weighted by Crippen LogP contribution is -2.15. The van der Waals surface area contributed by atoms with E-state index in [1.54, 1.807) is 4.68 Å². The molecular weight excluding hydrogens is 288 g/mol. The highest BCUT2D eigenvalue weighted by molar-refractivity contribution is 5.90. The molecule has 21 heavy (non-hydrogen) atoms. The maximum absolute atomic E-state index is 11.7. The number of nitrogens with zero attached hydrogens (tertiary/aromatic N) is 2. The molecule has 114 valence electrons. The lowest BCUT2D eigenvalue weighted by Gasteiger charge is -2.03. The maximum Gasteiger partial charge on any atom is 0.225 e. The van der Waals surface area contributed by atoms with Crippen LogP contribution in [-0.2, 0) is 11.8 Å². The molecule has 0 saturated carbocycles. The first-order chi connectivity index (χ1) is 9.61. The van der Waals surface area contributed by atoms with Crippen LogP contribution >= 0.6 is 12.4 Å². The number of halogens is 1. The lowest BCUT2D eigenvalue weighted by molar-refractivity contribution is -0.116. The number of hydrogen-bond donors (Lipinski definition) is 2. The fraction of sp³-hybridized carbons (Fsp3) is 0.333. The van der Waals surface area contributed by atoms with Crippen LogP contribution in [0.15, 0.2) is 30.3 Å². The van der Waals surface area contributed by atoms with Crippen molar-refractivity contribution < 1.29 is 4.79 Å². The number of nitrogens with two attached hydrogens (primary N) is 1. The van der Waals surface area contributed by atoms with E-state index < -0.39 is 0 Å². The predicted molar refractivity (Wildman–Crippen MR) is 87.5 cm³/mol. The van der Waals surface area contributed by atoms with Crippen molar-refractivity contribution in [2.45, 2.75) is 19.8 Å². The van der Waals surface area contributed by atoms with Gasteiger partial charge in [-0.1, -0.05) is 24.3 Å². The number of aromatic nitrogens is 2. The van der Waals surface area contributed by atoms with E-state index in [0.29, 0.717) is 25.2 Å². The van der Waals surface area contributed by atoms with E-state index in [2.05, 4.69) is 10.4 Å². The van der Waals surface area contributed by atoms with E-state index >= 15 is 0 Å². The fourth-order valence-corrected chi connectivity index (χ4v) is 2.04. The highest BCUT2D eigenvalue weighted by Crippen LogP contribution is 2.24. The zero-order chi connectivity index (χ0) is 14.5. The SMILES string of the molecule is Cc1ccccc1-c1cc(NC(=O)CCCN)n(C)n1.Cl. The topological polar surface area (TPSA) is 72.9 Å². The first kappa shape index (κ1) is 17.2. The minimum atomic E-state index is -0.0326. The van der Waals surface area contributed by atoms with Crippen LogP contribution in [0.5, 0.6) is 0 Å². The molecular formula is C15H21ClN4O. The number of hydrogen-bond acceptors (Lipinski definition) is 3. The van der Waals surface area contributed by atoms with Crippen LogP contribution in [0.3, 0.4) is 0 Å². The number of benzene rings is 1. The van der Waals surface area contributed by atoms with Crippen molar-refractivity contribution >= 4 is 24.1 Å². The predicted octanol–water partition coefficient (Wildman–Crippen LogP) is 2.49. The van der Waals surface area contributed by atoms with Crippen molar-refractivity contribution in [3.63, 3.8) is 0 Å². The van der Waals surface area contributed by atoms with Crippen molar-refractivity contribution in [2.75, 3.05) is 11.9 Å². The Hall–Kier alpha value is -1.85. The monoisotopic (exact) mass is 308 g/mol. The molecule has 2 aromatic rings. The zero-order valence-corrected chi connectivity index (χ0v) is 13.1. The third-order valence-corrected chi connectivity index (χ3v) is 3.18. The summed E-state index contributed by atoms with van der Waals surface area (Å²) in [6, 6.07) is 9.94. The standard InChI is InChI=1S/C15H20N4O.ClH/c1-11-6-3-4-7-12(11)13-10-14(19(2)18-13)17-15(20)8-5-9-16;/h3-4,6-7,10H,5,8-9,16H2,1-2H3,(H,17,20);1H. The van der Waals surface area contributed by atoms with Gasteiger partial charge in [0.05, 0.1) is 5.69 Å². The van der Waals surface area contributed by atoms with Gasteiger partial charge in [-0.15, -0.1) is 12.4 Å². The average molecular weight is 309 g/mol. The Labute approximate surface area is 130 Å². The normalized spacial score (nSPS) is 10.0. The first-order valence-corrected chi connectivity index (χ1v) is 6.72. The van der Waals surface area contributed by atoms with E-state index in [1.165, 1.54) is 0 Å². The molecule has 2 rings (SSSR count). The molecule has 0 unspecified atom stereocenters. The Morgan fingerprint density at radius 2 is 2.10 bits per heavy atom. The van der Waals surface area contributed by atoms with Gasteiger partial charge in [-0.2, -0.15) is 5.10 Å². The minimum Gasteiger partial charge on any atom is -0.330 e. The number of rotatable bonds is 5. The van der Waals surface area contributed by atoms with Gasteiger partial charge in [0.1, 0.15) is 5.82 Å². The van der Waals surface area contributed by atoms with Gasteiger partial charge < -0.3 is 11.1 Å². The van der Waals surface area contributed by atoms with Crippen LogP contribution in [0.4, 0.5) is 5.82 Å². The highest BCUT2D eigenvalue weighted by Gasteiger charge is 2.11. The zero-order valence-electron chi connectivity index (χ0n) is 12.3. The molecule has 0 aliphatic carbocycles. The summed E-state index contributed by atoms with van der Waals surface area (Å²) in [6.07, 6.45) is 1.12. The number of anilines is 1. The molecule has 6 heteroatoms. The molecule has 1 heterocycles. The highest BCUT2D eigenvalue weighted by atomic mass is 35.5. The molecule has 0 spiro atoms. The van der Waals surface area contributed by atoms with Crippen LogP contribution in [0.1, 0.15) is 18.4 Å². The van der Waals surface area contributed by atoms with E-state index in [0.717, 1.165) is 16.8 Å². The summed E-state index contributed by atoms with van der Waals surface area (Å²) < 4.78 is 1.68. The van der Waals surface area contributed by atoms with Gasteiger partial charge in [0.2, 0.25) is 5.91 Å². The van der Waals surface area contributed by atoms with Crippen molar-refractivity contribution in [3.05, 3.63) is 35.9 Å². The molecule has 1 amide bonds. The molecule has 3 N–H and O–H groups in total. The van der Waals surface area contributed by atoms with Crippen molar-refractivity contribution in [1.29, 1.82) is 0 Å². The molecule has 0 atom stereocenters. The van der Waals surface area contributed by atoms with Crippen molar-refractivity contribution in [3.8, 4) is 11.3 Å². The number of carbonyl (C=O) groups is 1. The van der Waals surface area contributed by atoms with E-state index in [1.807, 2.05) is 44.3 Å². The van der Waals surface area contributed by atoms with Gasteiger partial charge in [-0.3, -0.25) is 9.48 Å². The van der Waals surface area contributed by atoms with E-state index in [4.69, 9.17) is 5.73 Å². The summed E-state index contributed by atoms with van der Waals surface area (Å²) in [5, 5.41) is 7.31. The van der Waals surface area contributed by atoms with E-state index in [-0.39, 0.29) is 18.3 Å². The number of nitrogens with one attached hydrogen (secondary N) is 1. The fourth-order valence-electron chi connectivity index (χ4n) is 2.04. The van der Waals surface area contributed by atoms with Gasteiger partial charge in [-0.25, -0.2) is 0 Å². The molecule has 0 radical (unpaired) electrons. The smallest absolute Gasteiger partial charge is 0.225 e. The van der Waals surface area contributed by atoms with Crippen molar-refractivity contribution in [2.24, 2.45) is 12.8 Å². The summed E-state index contributed by atoms with van der Waals surface area (Å²) in [4.78, 5) is 11.7. The third kappa shape index (κ3) is 4.31. The number of amides is 1. The average Bonchev–Trinajstić information content (AvgIpc) is 2.78. The lowest BCUT2D eigenvalue weighted by atomic mass is 10.1. The van der Waals surface area contributed by atoms with Crippen LogP contribution in [0.25, 0.3) is 11.3 Å². The number of aryl methyl sites for hydroxylation is 2. The van der Waals surface area contributed by atoms with Gasteiger partial charge in [0.25, 0.3) is 0 Å². The Morgan fingerprint density at radius 1 is 1.38 bits per heavy atom. The maximum atomic E-state index is 11.7. The van der Waals surface area contributed by atoms with Gasteiger partial charge >= 0.3 is 0 Å². The Bertz CT molecular complexity index is 609. The molecule has 0 saturated heterocycles. The molecule has 0 bridgehead atoms. The third-order valence-electron chi connectivity index (χ3n) is 3.18. The molecule has 1 aromatic carbocycles. The molecule has 5 nitrogen and oxygen atoms in total. The van der Waals surface area contributed by atoms with E-state index in [9.17, 15) is 4.79 Å². The first-order valence-electron chi connectivity index (χ1n) is 6.72. The van der Waals surface area contributed by atoms with Crippen LogP contribution < -0.4 is 11.1 Å². The molecule has 0 aliphatic rings.